The number of carbonyl (C=O) groups is 1. The highest BCUT2D eigenvalue weighted by Gasteiger charge is 2.31. The molecule has 4 heteroatoms. The molecule has 1 aromatic rings. The lowest BCUT2D eigenvalue weighted by Crippen LogP contribution is -2.17. The van der Waals surface area contributed by atoms with E-state index in [0.29, 0.717) is 18.4 Å². The van der Waals surface area contributed by atoms with Gasteiger partial charge in [0.2, 0.25) is 0 Å². The summed E-state index contributed by atoms with van der Waals surface area (Å²) < 4.78 is 9.74. The van der Waals surface area contributed by atoms with Gasteiger partial charge in [-0.05, 0) is 12.5 Å². The Bertz CT molecular complexity index is 291. The minimum atomic E-state index is -0.759. The third kappa shape index (κ3) is 1.58. The predicted molar refractivity (Wildman–Crippen MR) is 42.8 cm³/mol. The van der Waals surface area contributed by atoms with Crippen LogP contribution in [0.3, 0.4) is 0 Å². The predicted octanol–water partition coefficient (Wildman–Crippen LogP) is 1.02. The molecule has 1 saturated heterocycles. The van der Waals surface area contributed by atoms with Crippen LogP contribution >= 0.6 is 0 Å². The number of carbonyl (C=O) groups excluding carboxylic acids is 1. The second-order valence-corrected chi connectivity index (χ2v) is 3.07. The van der Waals surface area contributed by atoms with Crippen LogP contribution in [0.25, 0.3) is 0 Å². The van der Waals surface area contributed by atoms with Crippen molar-refractivity contribution in [3.05, 3.63) is 24.2 Å². The summed E-state index contributed by atoms with van der Waals surface area (Å²) in [6.07, 6.45) is 2.73. The van der Waals surface area contributed by atoms with Crippen molar-refractivity contribution in [2.24, 2.45) is 0 Å². The van der Waals surface area contributed by atoms with Gasteiger partial charge < -0.3 is 14.3 Å². The SMILES string of the molecule is O=C1CC[C@H]([C@@H](O)c2ccoc2)O1. The first-order chi connectivity index (χ1) is 6.27. The summed E-state index contributed by atoms with van der Waals surface area (Å²) >= 11 is 0. The van der Waals surface area contributed by atoms with Crippen molar-refractivity contribution in [1.29, 1.82) is 0 Å². The lowest BCUT2D eigenvalue weighted by atomic mass is 10.1. The number of furan rings is 1. The fourth-order valence-corrected chi connectivity index (χ4v) is 1.43. The molecular weight excluding hydrogens is 172 g/mol. The van der Waals surface area contributed by atoms with Crippen LogP contribution < -0.4 is 0 Å². The van der Waals surface area contributed by atoms with E-state index in [1.165, 1.54) is 12.5 Å². The Kier molecular flexibility index (Phi) is 2.06. The van der Waals surface area contributed by atoms with E-state index >= 15 is 0 Å². The fourth-order valence-electron chi connectivity index (χ4n) is 1.43. The molecule has 0 saturated carbocycles. The van der Waals surface area contributed by atoms with E-state index in [1.807, 2.05) is 0 Å². The van der Waals surface area contributed by atoms with E-state index in [4.69, 9.17) is 9.15 Å². The fraction of sp³-hybridized carbons (Fsp3) is 0.444. The largest absolute Gasteiger partial charge is 0.472 e. The van der Waals surface area contributed by atoms with Gasteiger partial charge in [-0.15, -0.1) is 0 Å². The molecule has 2 atom stereocenters. The van der Waals surface area contributed by atoms with Gasteiger partial charge in [-0.2, -0.15) is 0 Å². The van der Waals surface area contributed by atoms with Crippen molar-refractivity contribution in [3.8, 4) is 0 Å². The smallest absolute Gasteiger partial charge is 0.306 e. The topological polar surface area (TPSA) is 59.7 Å². The summed E-state index contributed by atoms with van der Waals surface area (Å²) in [6.45, 7) is 0. The zero-order chi connectivity index (χ0) is 9.26. The van der Waals surface area contributed by atoms with E-state index in [-0.39, 0.29) is 5.97 Å². The molecule has 1 N–H and O–H groups in total. The molecule has 0 unspecified atom stereocenters. The summed E-state index contributed by atoms with van der Waals surface area (Å²) in [5.41, 5.74) is 0.653. The Morgan fingerprint density at radius 3 is 3.00 bits per heavy atom. The molecule has 0 aliphatic carbocycles. The van der Waals surface area contributed by atoms with Gasteiger partial charge in [-0.1, -0.05) is 0 Å². The molecule has 70 valence electrons. The third-order valence-corrected chi connectivity index (χ3v) is 2.15. The number of aliphatic hydroxyl groups excluding tert-OH is 1. The van der Waals surface area contributed by atoms with Gasteiger partial charge in [0.25, 0.3) is 0 Å². The molecule has 0 radical (unpaired) electrons. The molecule has 0 bridgehead atoms. The first kappa shape index (κ1) is 8.31. The van der Waals surface area contributed by atoms with Crippen LogP contribution in [0.4, 0.5) is 0 Å². The zero-order valence-corrected chi connectivity index (χ0v) is 6.97. The van der Waals surface area contributed by atoms with Gasteiger partial charge in [-0.25, -0.2) is 0 Å². The van der Waals surface area contributed by atoms with Gasteiger partial charge in [0.1, 0.15) is 12.2 Å². The average molecular weight is 182 g/mol. The van der Waals surface area contributed by atoms with E-state index in [2.05, 4.69) is 0 Å². The van der Waals surface area contributed by atoms with Crippen molar-refractivity contribution >= 4 is 5.97 Å². The van der Waals surface area contributed by atoms with Crippen LogP contribution in [-0.2, 0) is 9.53 Å². The lowest BCUT2D eigenvalue weighted by Gasteiger charge is -2.14. The van der Waals surface area contributed by atoms with E-state index in [0.717, 1.165) is 0 Å². The van der Waals surface area contributed by atoms with Gasteiger partial charge in [-0.3, -0.25) is 4.79 Å². The molecular formula is C9H10O4. The minimum absolute atomic E-state index is 0.243. The van der Waals surface area contributed by atoms with E-state index in [1.54, 1.807) is 6.07 Å². The van der Waals surface area contributed by atoms with Crippen LogP contribution in [-0.4, -0.2) is 17.2 Å². The minimum Gasteiger partial charge on any atom is -0.472 e. The van der Waals surface area contributed by atoms with Crippen LogP contribution in [0, 0.1) is 0 Å². The van der Waals surface area contributed by atoms with E-state index < -0.39 is 12.2 Å². The number of hydrogen-bond donors (Lipinski definition) is 1. The first-order valence-corrected chi connectivity index (χ1v) is 4.17. The summed E-state index contributed by atoms with van der Waals surface area (Å²) in [7, 11) is 0. The molecule has 13 heavy (non-hydrogen) atoms. The van der Waals surface area contributed by atoms with Crippen molar-refractivity contribution in [3.63, 3.8) is 0 Å². The van der Waals surface area contributed by atoms with Crippen LogP contribution in [0.2, 0.25) is 0 Å². The molecule has 0 aromatic carbocycles. The Morgan fingerprint density at radius 2 is 2.46 bits per heavy atom. The van der Waals surface area contributed by atoms with Gasteiger partial charge in [0, 0.05) is 12.0 Å². The highest BCUT2D eigenvalue weighted by Crippen LogP contribution is 2.27. The van der Waals surface area contributed by atoms with Crippen LogP contribution in [0.1, 0.15) is 24.5 Å². The molecule has 0 spiro atoms. The first-order valence-electron chi connectivity index (χ1n) is 4.17. The second-order valence-electron chi connectivity index (χ2n) is 3.07. The number of ether oxygens (including phenoxy) is 1. The molecule has 2 rings (SSSR count). The molecule has 1 aromatic heterocycles. The van der Waals surface area contributed by atoms with Gasteiger partial charge in [0.05, 0.1) is 12.5 Å². The summed E-state index contributed by atoms with van der Waals surface area (Å²) in [6, 6.07) is 1.66. The van der Waals surface area contributed by atoms with Crippen molar-refractivity contribution in [1.82, 2.24) is 0 Å². The lowest BCUT2D eigenvalue weighted by molar-refractivity contribution is -0.145. The standard InChI is InChI=1S/C9H10O4/c10-8-2-1-7(13-8)9(11)6-3-4-12-5-6/h3-5,7,9,11H,1-2H2/t7-,9+/m1/s1. The van der Waals surface area contributed by atoms with E-state index in [9.17, 15) is 9.90 Å². The summed E-state index contributed by atoms with van der Waals surface area (Å²) in [5, 5.41) is 9.69. The van der Waals surface area contributed by atoms with Crippen molar-refractivity contribution in [2.75, 3.05) is 0 Å². The summed E-state index contributed by atoms with van der Waals surface area (Å²) in [4.78, 5) is 10.8. The Labute approximate surface area is 75.1 Å². The van der Waals surface area contributed by atoms with Crippen LogP contribution in [0.15, 0.2) is 23.0 Å². The van der Waals surface area contributed by atoms with Crippen LogP contribution in [0.5, 0.6) is 0 Å². The van der Waals surface area contributed by atoms with Crippen molar-refractivity contribution in [2.45, 2.75) is 25.0 Å². The number of aliphatic hydroxyl groups is 1. The number of hydrogen-bond acceptors (Lipinski definition) is 4. The molecule has 1 fully saturated rings. The maximum absolute atomic E-state index is 10.8. The second kappa shape index (κ2) is 3.22. The maximum Gasteiger partial charge on any atom is 0.306 e. The molecule has 1 aliphatic heterocycles. The number of rotatable bonds is 2. The van der Waals surface area contributed by atoms with Crippen molar-refractivity contribution < 1.29 is 19.1 Å². The Balaban J connectivity index is 2.05. The molecule has 0 amide bonds. The highest BCUT2D eigenvalue weighted by atomic mass is 16.6. The Morgan fingerprint density at radius 1 is 1.62 bits per heavy atom. The molecule has 4 nitrogen and oxygen atoms in total. The molecule has 2 heterocycles. The average Bonchev–Trinajstić information content (AvgIpc) is 2.72. The van der Waals surface area contributed by atoms with Gasteiger partial charge >= 0.3 is 5.97 Å². The number of cyclic esters (lactones) is 1. The quantitative estimate of drug-likeness (QED) is 0.693. The molecule has 1 aliphatic rings. The maximum atomic E-state index is 10.8. The monoisotopic (exact) mass is 182 g/mol. The zero-order valence-electron chi connectivity index (χ0n) is 6.97. The normalized spacial score (nSPS) is 24.4. The third-order valence-electron chi connectivity index (χ3n) is 2.15. The summed E-state index contributed by atoms with van der Waals surface area (Å²) in [5.74, 6) is -0.243. The highest BCUT2D eigenvalue weighted by molar-refractivity contribution is 5.71. The number of esters is 1. The Hall–Kier alpha value is -1.29. The van der Waals surface area contributed by atoms with Gasteiger partial charge in [0.15, 0.2) is 0 Å².